The fourth-order valence-electron chi connectivity index (χ4n) is 2.08. The average molecular weight is 256 g/mol. The van der Waals surface area contributed by atoms with Crippen LogP contribution >= 0.6 is 0 Å². The molecule has 0 spiro atoms. The van der Waals surface area contributed by atoms with E-state index in [2.05, 4.69) is 51.8 Å². The normalized spacial score (nSPS) is 10.2. The van der Waals surface area contributed by atoms with E-state index in [1.165, 1.54) is 5.56 Å². The van der Waals surface area contributed by atoms with Gasteiger partial charge in [0.25, 0.3) is 0 Å². The molecule has 2 rings (SSSR count). The van der Waals surface area contributed by atoms with Crippen molar-refractivity contribution in [1.82, 2.24) is 9.97 Å². The molecule has 0 saturated carbocycles. The summed E-state index contributed by atoms with van der Waals surface area (Å²) >= 11 is 0. The molecule has 0 unspecified atom stereocenters. The Morgan fingerprint density at radius 2 is 1.79 bits per heavy atom. The summed E-state index contributed by atoms with van der Waals surface area (Å²) in [4.78, 5) is 8.56. The molecule has 1 aromatic carbocycles. The Kier molecular flexibility index (Phi) is 4.72. The Morgan fingerprint density at radius 1 is 1.05 bits per heavy atom. The molecule has 1 heterocycles. The van der Waals surface area contributed by atoms with E-state index in [1.807, 2.05) is 13.1 Å². The molecular weight excluding hydrogens is 236 g/mol. The Morgan fingerprint density at radius 3 is 2.47 bits per heavy atom. The maximum absolute atomic E-state index is 4.33. The Bertz CT molecular complexity index is 511. The monoisotopic (exact) mass is 256 g/mol. The lowest BCUT2D eigenvalue weighted by Gasteiger charge is -2.12. The van der Waals surface area contributed by atoms with Crippen molar-refractivity contribution in [2.75, 3.05) is 24.2 Å². The third kappa shape index (κ3) is 3.44. The largest absolute Gasteiger partial charge is 0.373 e. The molecule has 1 aromatic heterocycles. The van der Waals surface area contributed by atoms with Gasteiger partial charge >= 0.3 is 0 Å². The van der Waals surface area contributed by atoms with Crippen LogP contribution in [0.25, 0.3) is 0 Å². The summed E-state index contributed by atoms with van der Waals surface area (Å²) in [7, 11) is 1.88. The molecule has 0 aliphatic heterocycles. The smallest absolute Gasteiger partial charge is 0.134 e. The highest BCUT2D eigenvalue weighted by molar-refractivity contribution is 5.57. The minimum absolute atomic E-state index is 0.872. The second kappa shape index (κ2) is 6.73. The first kappa shape index (κ1) is 13.3. The second-order valence-electron chi connectivity index (χ2n) is 4.32. The number of anilines is 2. The topological polar surface area (TPSA) is 49.8 Å². The summed E-state index contributed by atoms with van der Waals surface area (Å²) in [5.74, 6) is 1.83. The van der Waals surface area contributed by atoms with Crippen molar-refractivity contribution >= 4 is 11.6 Å². The maximum Gasteiger partial charge on any atom is 0.134 e. The van der Waals surface area contributed by atoms with Crippen LogP contribution in [0.1, 0.15) is 18.1 Å². The van der Waals surface area contributed by atoms with E-state index < -0.39 is 0 Å². The highest BCUT2D eigenvalue weighted by atomic mass is 15.1. The van der Waals surface area contributed by atoms with E-state index in [0.717, 1.165) is 36.6 Å². The van der Waals surface area contributed by atoms with Gasteiger partial charge in [0.2, 0.25) is 0 Å². The number of hydrogen-bond acceptors (Lipinski definition) is 4. The van der Waals surface area contributed by atoms with Gasteiger partial charge in [-0.15, -0.1) is 0 Å². The third-order valence-corrected chi connectivity index (χ3v) is 3.08. The quantitative estimate of drug-likeness (QED) is 0.834. The summed E-state index contributed by atoms with van der Waals surface area (Å²) < 4.78 is 0. The minimum atomic E-state index is 0.872. The van der Waals surface area contributed by atoms with E-state index in [9.17, 15) is 0 Å². The van der Waals surface area contributed by atoms with Gasteiger partial charge in [-0.1, -0.05) is 37.3 Å². The summed E-state index contributed by atoms with van der Waals surface area (Å²) in [5.41, 5.74) is 2.47. The first-order valence-corrected chi connectivity index (χ1v) is 6.64. The van der Waals surface area contributed by atoms with Gasteiger partial charge in [-0.3, -0.25) is 0 Å². The number of hydrogen-bond donors (Lipinski definition) is 2. The third-order valence-electron chi connectivity index (χ3n) is 3.08. The second-order valence-corrected chi connectivity index (χ2v) is 4.32. The first-order chi connectivity index (χ1) is 9.35. The SMILES string of the molecule is CCc1c(NC)ncnc1NCCc1ccccc1. The van der Waals surface area contributed by atoms with Crippen molar-refractivity contribution < 1.29 is 0 Å². The summed E-state index contributed by atoms with van der Waals surface area (Å²) in [6.45, 7) is 2.99. The minimum Gasteiger partial charge on any atom is -0.373 e. The Labute approximate surface area is 114 Å². The number of aromatic nitrogens is 2. The highest BCUT2D eigenvalue weighted by Crippen LogP contribution is 2.19. The molecule has 4 nitrogen and oxygen atoms in total. The molecule has 2 aromatic rings. The van der Waals surface area contributed by atoms with Gasteiger partial charge in [-0.05, 0) is 18.4 Å². The van der Waals surface area contributed by atoms with Crippen molar-refractivity contribution in [2.24, 2.45) is 0 Å². The van der Waals surface area contributed by atoms with Gasteiger partial charge in [0.05, 0.1) is 0 Å². The maximum atomic E-state index is 4.33. The fraction of sp³-hybridized carbons (Fsp3) is 0.333. The molecule has 0 saturated heterocycles. The lowest BCUT2D eigenvalue weighted by Crippen LogP contribution is -2.10. The molecule has 0 fully saturated rings. The molecule has 0 amide bonds. The molecule has 0 atom stereocenters. The van der Waals surface area contributed by atoms with Crippen LogP contribution in [0, 0.1) is 0 Å². The van der Waals surface area contributed by atoms with Crippen LogP contribution < -0.4 is 10.6 Å². The van der Waals surface area contributed by atoms with Crippen LogP contribution in [0.15, 0.2) is 36.7 Å². The van der Waals surface area contributed by atoms with Crippen molar-refractivity contribution in [3.05, 3.63) is 47.8 Å². The summed E-state index contributed by atoms with van der Waals surface area (Å²) in [6, 6.07) is 10.5. The molecule has 0 bridgehead atoms. The van der Waals surface area contributed by atoms with Gasteiger partial charge in [0.1, 0.15) is 18.0 Å². The van der Waals surface area contributed by atoms with Crippen LogP contribution in [0.4, 0.5) is 11.6 Å². The average Bonchev–Trinajstić information content (AvgIpc) is 2.48. The number of nitrogens with one attached hydrogen (secondary N) is 2. The van der Waals surface area contributed by atoms with Crippen LogP contribution in [-0.2, 0) is 12.8 Å². The molecule has 4 heteroatoms. The lowest BCUT2D eigenvalue weighted by atomic mass is 10.1. The number of benzene rings is 1. The van der Waals surface area contributed by atoms with E-state index in [0.29, 0.717) is 0 Å². The molecule has 0 radical (unpaired) electrons. The summed E-state index contributed by atoms with van der Waals surface area (Å²) in [5, 5.41) is 6.50. The zero-order valence-corrected chi connectivity index (χ0v) is 11.5. The van der Waals surface area contributed by atoms with Gasteiger partial charge in [0.15, 0.2) is 0 Å². The van der Waals surface area contributed by atoms with E-state index in [-0.39, 0.29) is 0 Å². The van der Waals surface area contributed by atoms with Crippen LogP contribution in [0.2, 0.25) is 0 Å². The van der Waals surface area contributed by atoms with Crippen LogP contribution in [0.3, 0.4) is 0 Å². The van der Waals surface area contributed by atoms with Gasteiger partial charge < -0.3 is 10.6 Å². The standard InChI is InChI=1S/C15H20N4/c1-3-13-14(16-2)18-11-19-15(13)17-10-9-12-7-5-4-6-8-12/h4-8,11H,3,9-10H2,1-2H3,(H2,16,17,18,19). The van der Waals surface area contributed by atoms with E-state index in [4.69, 9.17) is 0 Å². The molecule has 19 heavy (non-hydrogen) atoms. The van der Waals surface area contributed by atoms with Gasteiger partial charge in [-0.2, -0.15) is 0 Å². The number of rotatable bonds is 6. The zero-order valence-electron chi connectivity index (χ0n) is 11.5. The fourth-order valence-corrected chi connectivity index (χ4v) is 2.08. The molecule has 100 valence electrons. The molecule has 0 aliphatic rings. The molecule has 0 aliphatic carbocycles. The molecule has 2 N–H and O–H groups in total. The van der Waals surface area contributed by atoms with Gasteiger partial charge in [-0.25, -0.2) is 9.97 Å². The number of nitrogens with zero attached hydrogens (tertiary/aromatic N) is 2. The predicted octanol–water partition coefficient (Wildman–Crippen LogP) is 2.74. The first-order valence-electron chi connectivity index (χ1n) is 6.64. The van der Waals surface area contributed by atoms with E-state index in [1.54, 1.807) is 6.33 Å². The molecular formula is C15H20N4. The predicted molar refractivity (Wildman–Crippen MR) is 79.6 cm³/mol. The van der Waals surface area contributed by atoms with Gasteiger partial charge in [0, 0.05) is 19.2 Å². The highest BCUT2D eigenvalue weighted by Gasteiger charge is 2.07. The summed E-state index contributed by atoms with van der Waals surface area (Å²) in [6.07, 6.45) is 3.49. The lowest BCUT2D eigenvalue weighted by molar-refractivity contribution is 0.974. The van der Waals surface area contributed by atoms with Crippen molar-refractivity contribution in [3.8, 4) is 0 Å². The zero-order chi connectivity index (χ0) is 13.5. The van der Waals surface area contributed by atoms with Crippen LogP contribution in [-0.4, -0.2) is 23.6 Å². The van der Waals surface area contributed by atoms with Crippen molar-refractivity contribution in [1.29, 1.82) is 0 Å². The Hall–Kier alpha value is -2.10. The van der Waals surface area contributed by atoms with Crippen LogP contribution in [0.5, 0.6) is 0 Å². The van der Waals surface area contributed by atoms with Crippen molar-refractivity contribution in [3.63, 3.8) is 0 Å². The van der Waals surface area contributed by atoms with E-state index >= 15 is 0 Å². The van der Waals surface area contributed by atoms with Crippen molar-refractivity contribution in [2.45, 2.75) is 19.8 Å². The Balaban J connectivity index is 2.00.